The number of carbonyl (C=O) groups is 1. The van der Waals surface area contributed by atoms with Crippen LogP contribution >= 0.6 is 31.9 Å². The molecule has 1 unspecified atom stereocenters. The number of halogens is 2. The molecule has 1 atom stereocenters. The number of nitrogens with zero attached hydrogens (tertiary/aromatic N) is 1. The van der Waals surface area contributed by atoms with Crippen molar-refractivity contribution in [2.45, 2.75) is 24.6 Å². The molecule has 1 heterocycles. The molecular weight excluding hydrogens is 358 g/mol. The molecule has 1 amide bonds. The highest BCUT2D eigenvalue weighted by molar-refractivity contribution is 9.10. The Labute approximate surface area is 125 Å². The molecule has 0 N–H and O–H groups in total. The second-order valence-electron chi connectivity index (χ2n) is 4.79. The topological polar surface area (TPSA) is 20.3 Å². The number of carbonyl (C=O) groups excluding carboxylic acids is 1. The van der Waals surface area contributed by atoms with Crippen LogP contribution < -0.4 is 0 Å². The van der Waals surface area contributed by atoms with Gasteiger partial charge < -0.3 is 4.90 Å². The van der Waals surface area contributed by atoms with E-state index in [4.69, 9.17) is 0 Å². The average molecular weight is 375 g/mol. The molecule has 98 valence electrons. The normalized spacial score (nSPS) is 18.7. The third kappa shape index (κ3) is 3.15. The minimum Gasteiger partial charge on any atom is -0.339 e. The highest BCUT2D eigenvalue weighted by Gasteiger charge is 2.26. The van der Waals surface area contributed by atoms with E-state index in [2.05, 4.69) is 38.8 Å². The Morgan fingerprint density at radius 2 is 1.94 bits per heavy atom. The standard InChI is InChI=1S/C14H17Br2NO/c1-10(15)11-6-8-17(9-7-11)14(18)12-4-2-3-5-13(12)16/h2-5,10-11H,6-9H2,1H3. The fraction of sp³-hybridized carbons (Fsp3) is 0.500. The fourth-order valence-corrected chi connectivity index (χ4v) is 3.35. The second-order valence-corrected chi connectivity index (χ2v) is 7.09. The second kappa shape index (κ2) is 6.20. The van der Waals surface area contributed by atoms with Crippen LogP contribution in [0.15, 0.2) is 28.7 Å². The third-order valence-corrected chi connectivity index (χ3v) is 5.02. The first-order chi connectivity index (χ1) is 8.59. The predicted octanol–water partition coefficient (Wildman–Crippen LogP) is 4.08. The van der Waals surface area contributed by atoms with E-state index in [1.54, 1.807) is 0 Å². The number of amides is 1. The molecule has 0 aromatic heterocycles. The first-order valence-electron chi connectivity index (χ1n) is 6.27. The van der Waals surface area contributed by atoms with Gasteiger partial charge in [0.2, 0.25) is 0 Å². The molecule has 0 spiro atoms. The molecule has 2 nitrogen and oxygen atoms in total. The predicted molar refractivity (Wildman–Crippen MR) is 81.2 cm³/mol. The molecule has 18 heavy (non-hydrogen) atoms. The minimum absolute atomic E-state index is 0.142. The molecule has 0 saturated carbocycles. The van der Waals surface area contributed by atoms with Crippen LogP contribution in [-0.2, 0) is 0 Å². The van der Waals surface area contributed by atoms with Gasteiger partial charge in [-0.1, -0.05) is 35.0 Å². The monoisotopic (exact) mass is 373 g/mol. The maximum Gasteiger partial charge on any atom is 0.254 e. The van der Waals surface area contributed by atoms with Crippen LogP contribution in [0.1, 0.15) is 30.1 Å². The van der Waals surface area contributed by atoms with E-state index in [1.807, 2.05) is 29.2 Å². The molecule has 2 rings (SSSR count). The summed E-state index contributed by atoms with van der Waals surface area (Å²) in [7, 11) is 0. The lowest BCUT2D eigenvalue weighted by Gasteiger charge is -2.33. The maximum absolute atomic E-state index is 12.4. The van der Waals surface area contributed by atoms with Gasteiger partial charge in [0.1, 0.15) is 0 Å². The van der Waals surface area contributed by atoms with Gasteiger partial charge in [0.15, 0.2) is 0 Å². The SMILES string of the molecule is CC(Br)C1CCN(C(=O)c2ccccc2Br)CC1. The number of likely N-dealkylation sites (tertiary alicyclic amines) is 1. The Morgan fingerprint density at radius 1 is 1.33 bits per heavy atom. The summed E-state index contributed by atoms with van der Waals surface area (Å²) < 4.78 is 0.881. The van der Waals surface area contributed by atoms with E-state index in [0.717, 1.165) is 36.0 Å². The van der Waals surface area contributed by atoms with Crippen molar-refractivity contribution in [2.75, 3.05) is 13.1 Å². The van der Waals surface area contributed by atoms with Crippen LogP contribution in [0.2, 0.25) is 0 Å². The molecule has 1 aromatic carbocycles. The average Bonchev–Trinajstić information content (AvgIpc) is 2.38. The molecule has 0 aliphatic carbocycles. The van der Waals surface area contributed by atoms with Crippen molar-refractivity contribution in [3.63, 3.8) is 0 Å². The van der Waals surface area contributed by atoms with Crippen molar-refractivity contribution in [3.8, 4) is 0 Å². The molecule has 1 saturated heterocycles. The lowest BCUT2D eigenvalue weighted by molar-refractivity contribution is 0.0690. The molecule has 0 radical (unpaired) electrons. The first-order valence-corrected chi connectivity index (χ1v) is 7.98. The lowest BCUT2D eigenvalue weighted by atomic mass is 9.94. The van der Waals surface area contributed by atoms with Gasteiger partial charge in [-0.3, -0.25) is 4.79 Å². The summed E-state index contributed by atoms with van der Waals surface area (Å²) in [6, 6.07) is 7.64. The minimum atomic E-state index is 0.142. The Morgan fingerprint density at radius 3 is 2.50 bits per heavy atom. The van der Waals surface area contributed by atoms with Crippen LogP contribution in [0.5, 0.6) is 0 Å². The van der Waals surface area contributed by atoms with Crippen molar-refractivity contribution >= 4 is 37.8 Å². The van der Waals surface area contributed by atoms with Crippen LogP contribution in [0, 0.1) is 5.92 Å². The number of hydrogen-bond donors (Lipinski definition) is 0. The summed E-state index contributed by atoms with van der Waals surface area (Å²) >= 11 is 7.08. The number of alkyl halides is 1. The van der Waals surface area contributed by atoms with Crippen molar-refractivity contribution in [1.29, 1.82) is 0 Å². The van der Waals surface area contributed by atoms with Gasteiger partial charge in [-0.2, -0.15) is 0 Å². The van der Waals surface area contributed by atoms with Gasteiger partial charge in [0, 0.05) is 22.4 Å². The summed E-state index contributed by atoms with van der Waals surface area (Å²) in [5.74, 6) is 0.830. The van der Waals surface area contributed by atoms with Gasteiger partial charge in [0.05, 0.1) is 5.56 Å². The van der Waals surface area contributed by atoms with E-state index in [1.165, 1.54) is 0 Å². The van der Waals surface area contributed by atoms with Crippen molar-refractivity contribution in [1.82, 2.24) is 4.90 Å². The summed E-state index contributed by atoms with van der Waals surface area (Å²) in [5, 5.41) is 0. The van der Waals surface area contributed by atoms with Gasteiger partial charge in [0.25, 0.3) is 5.91 Å². The zero-order valence-electron chi connectivity index (χ0n) is 10.4. The van der Waals surface area contributed by atoms with Gasteiger partial charge in [-0.25, -0.2) is 0 Å². The molecule has 1 aliphatic heterocycles. The van der Waals surface area contributed by atoms with Crippen molar-refractivity contribution < 1.29 is 4.79 Å². The van der Waals surface area contributed by atoms with Crippen molar-refractivity contribution in [2.24, 2.45) is 5.92 Å². The van der Waals surface area contributed by atoms with E-state index in [0.29, 0.717) is 10.7 Å². The largest absolute Gasteiger partial charge is 0.339 e. The molecular formula is C14H17Br2NO. The zero-order valence-corrected chi connectivity index (χ0v) is 13.6. The maximum atomic E-state index is 12.4. The van der Waals surface area contributed by atoms with Crippen molar-refractivity contribution in [3.05, 3.63) is 34.3 Å². The zero-order chi connectivity index (χ0) is 13.1. The smallest absolute Gasteiger partial charge is 0.254 e. The third-order valence-electron chi connectivity index (χ3n) is 3.58. The van der Waals surface area contributed by atoms with E-state index >= 15 is 0 Å². The lowest BCUT2D eigenvalue weighted by Crippen LogP contribution is -2.40. The van der Waals surface area contributed by atoms with Gasteiger partial charge in [-0.05, 0) is 46.8 Å². The molecule has 1 aliphatic rings. The molecule has 1 aromatic rings. The summed E-state index contributed by atoms with van der Waals surface area (Å²) in [6.07, 6.45) is 2.17. The van der Waals surface area contributed by atoms with Crippen LogP contribution in [0.25, 0.3) is 0 Å². The number of benzene rings is 1. The van der Waals surface area contributed by atoms with Gasteiger partial charge >= 0.3 is 0 Å². The fourth-order valence-electron chi connectivity index (χ4n) is 2.37. The Hall–Kier alpha value is -0.350. The van der Waals surface area contributed by atoms with Crippen LogP contribution in [0.4, 0.5) is 0 Å². The quantitative estimate of drug-likeness (QED) is 0.714. The highest BCUT2D eigenvalue weighted by atomic mass is 79.9. The van der Waals surface area contributed by atoms with Gasteiger partial charge in [-0.15, -0.1) is 0 Å². The van der Waals surface area contributed by atoms with E-state index < -0.39 is 0 Å². The highest BCUT2D eigenvalue weighted by Crippen LogP contribution is 2.27. The Bertz CT molecular complexity index is 426. The number of hydrogen-bond acceptors (Lipinski definition) is 1. The van der Waals surface area contributed by atoms with E-state index in [9.17, 15) is 4.79 Å². The van der Waals surface area contributed by atoms with Crippen LogP contribution in [0.3, 0.4) is 0 Å². The van der Waals surface area contributed by atoms with Crippen LogP contribution in [-0.4, -0.2) is 28.7 Å². The summed E-state index contributed by atoms with van der Waals surface area (Å²) in [6.45, 7) is 3.91. The van der Waals surface area contributed by atoms with E-state index in [-0.39, 0.29) is 5.91 Å². The molecule has 0 bridgehead atoms. The number of piperidine rings is 1. The summed E-state index contributed by atoms with van der Waals surface area (Å²) in [5.41, 5.74) is 0.767. The Balaban J connectivity index is 2.02. The Kier molecular flexibility index (Phi) is 4.84. The number of rotatable bonds is 2. The first kappa shape index (κ1) is 14.1. The summed E-state index contributed by atoms with van der Waals surface area (Å²) in [4.78, 5) is 14.9. The molecule has 4 heteroatoms. The molecule has 1 fully saturated rings.